The summed E-state index contributed by atoms with van der Waals surface area (Å²) in [6.45, 7) is 3.85. The second-order valence-corrected chi connectivity index (χ2v) is 2.74. The normalized spacial score (nSPS) is 10.5. The molecule has 1 aromatic carbocycles. The summed E-state index contributed by atoms with van der Waals surface area (Å²) in [5, 5.41) is 18.1. The van der Waals surface area contributed by atoms with Gasteiger partial charge in [0.2, 0.25) is 0 Å². The van der Waals surface area contributed by atoms with Gasteiger partial charge in [-0.25, -0.2) is 0 Å². The van der Waals surface area contributed by atoms with Crippen LogP contribution in [0.4, 0.5) is 0 Å². The van der Waals surface area contributed by atoms with Gasteiger partial charge in [0.05, 0.1) is 0 Å². The predicted molar refractivity (Wildman–Crippen MR) is 43.5 cm³/mol. The van der Waals surface area contributed by atoms with Crippen LogP contribution in [-0.2, 0) is 0 Å². The highest BCUT2D eigenvalue weighted by Crippen LogP contribution is 2.24. The van der Waals surface area contributed by atoms with E-state index in [0.717, 1.165) is 11.5 Å². The molecule has 1 rings (SSSR count). The number of phenolic OH excluding ortho intramolecular Hbond substituents is 2. The molecule has 0 spiro atoms. The van der Waals surface area contributed by atoms with Crippen LogP contribution in [0.3, 0.4) is 0 Å². The second kappa shape index (κ2) is 2.82. The van der Waals surface area contributed by atoms with Gasteiger partial charge in [0.15, 0.2) is 0 Å². The smallest absolute Gasteiger partial charge is 0.119 e. The number of hydrogen-bond acceptors (Lipinski definition) is 2. The van der Waals surface area contributed by atoms with E-state index >= 15 is 0 Å². The molecule has 0 amide bonds. The molecule has 0 saturated carbocycles. The van der Waals surface area contributed by atoms with Crippen LogP contribution in [0.5, 0.6) is 11.5 Å². The molecule has 2 heteroatoms. The highest BCUT2D eigenvalue weighted by atomic mass is 16.3. The van der Waals surface area contributed by atoms with Crippen molar-refractivity contribution in [2.24, 2.45) is 0 Å². The molecule has 0 aliphatic rings. The van der Waals surface area contributed by atoms with Gasteiger partial charge in [0.25, 0.3) is 0 Å². The van der Waals surface area contributed by atoms with Crippen LogP contribution in [0.15, 0.2) is 18.2 Å². The first-order valence-electron chi connectivity index (χ1n) is 3.43. The Hall–Kier alpha value is -1.18. The maximum absolute atomic E-state index is 9.07. The van der Waals surface area contributed by atoms with E-state index in [-0.39, 0.29) is 11.5 Å². The summed E-state index contributed by atoms with van der Waals surface area (Å²) < 4.78 is 0. The molecule has 0 heterocycles. The Morgan fingerprint density at radius 1 is 1.00 bits per heavy atom. The van der Waals surface area contributed by atoms with E-state index in [2.05, 4.69) is 0 Å². The van der Waals surface area contributed by atoms with Crippen LogP contribution in [0.2, 0.25) is 0 Å². The van der Waals surface area contributed by atoms with Crippen LogP contribution in [0, 0.1) is 5.92 Å². The first kappa shape index (κ1) is 7.92. The zero-order valence-electron chi connectivity index (χ0n) is 6.63. The highest BCUT2D eigenvalue weighted by molar-refractivity contribution is 5.41. The molecule has 1 radical (unpaired) electrons. The third kappa shape index (κ3) is 1.87. The Labute approximate surface area is 66.1 Å². The van der Waals surface area contributed by atoms with Crippen molar-refractivity contribution in [2.75, 3.05) is 0 Å². The molecule has 11 heavy (non-hydrogen) atoms. The van der Waals surface area contributed by atoms with E-state index in [1.54, 1.807) is 12.1 Å². The third-order valence-electron chi connectivity index (χ3n) is 1.48. The van der Waals surface area contributed by atoms with Gasteiger partial charge in [-0.05, 0) is 23.6 Å². The molecule has 1 aromatic rings. The number of benzene rings is 1. The average molecular weight is 151 g/mol. The van der Waals surface area contributed by atoms with E-state index in [0.29, 0.717) is 0 Å². The van der Waals surface area contributed by atoms with Gasteiger partial charge in [-0.2, -0.15) is 0 Å². The van der Waals surface area contributed by atoms with Crippen LogP contribution in [0.25, 0.3) is 0 Å². The van der Waals surface area contributed by atoms with Crippen molar-refractivity contribution < 1.29 is 10.2 Å². The van der Waals surface area contributed by atoms with Gasteiger partial charge in [-0.3, -0.25) is 0 Å². The van der Waals surface area contributed by atoms with E-state index < -0.39 is 0 Å². The standard InChI is InChI=1S/C9H11O2/c1-6(2)7-3-8(10)5-9(11)4-7/h3-5,10-11H,1-2H3. The third-order valence-corrected chi connectivity index (χ3v) is 1.48. The molecule has 0 aliphatic heterocycles. The molecule has 0 unspecified atom stereocenters. The fourth-order valence-electron chi connectivity index (χ4n) is 0.884. The van der Waals surface area contributed by atoms with Crippen molar-refractivity contribution in [3.8, 4) is 11.5 Å². The largest absolute Gasteiger partial charge is 0.508 e. The van der Waals surface area contributed by atoms with Crippen LogP contribution >= 0.6 is 0 Å². The molecule has 0 fully saturated rings. The highest BCUT2D eigenvalue weighted by Gasteiger charge is 2.02. The van der Waals surface area contributed by atoms with Gasteiger partial charge >= 0.3 is 0 Å². The fourth-order valence-corrected chi connectivity index (χ4v) is 0.884. The number of phenols is 2. The molecule has 2 N–H and O–H groups in total. The fraction of sp³-hybridized carbons (Fsp3) is 0.222. The van der Waals surface area contributed by atoms with Crippen molar-refractivity contribution in [3.05, 3.63) is 29.7 Å². The SMILES string of the molecule is C[C](C)c1cc(O)cc(O)c1. The van der Waals surface area contributed by atoms with Crippen molar-refractivity contribution in [1.82, 2.24) is 0 Å². The summed E-state index contributed by atoms with van der Waals surface area (Å²) >= 11 is 0. The lowest BCUT2D eigenvalue weighted by atomic mass is 10.0. The Morgan fingerprint density at radius 2 is 1.45 bits per heavy atom. The molecule has 0 aliphatic carbocycles. The summed E-state index contributed by atoms with van der Waals surface area (Å²) in [5.41, 5.74) is 0.863. The number of aromatic hydroxyl groups is 2. The van der Waals surface area contributed by atoms with Crippen molar-refractivity contribution in [3.63, 3.8) is 0 Å². The Kier molecular flexibility index (Phi) is 2.03. The van der Waals surface area contributed by atoms with E-state index in [1.165, 1.54) is 6.07 Å². The average Bonchev–Trinajstić information content (AvgIpc) is 1.85. The molecule has 2 nitrogen and oxygen atoms in total. The van der Waals surface area contributed by atoms with Gasteiger partial charge < -0.3 is 10.2 Å². The maximum atomic E-state index is 9.07. The summed E-state index contributed by atoms with van der Waals surface area (Å²) in [7, 11) is 0. The lowest BCUT2D eigenvalue weighted by molar-refractivity contribution is 0.449. The topological polar surface area (TPSA) is 40.5 Å². The number of hydrogen-bond donors (Lipinski definition) is 2. The van der Waals surface area contributed by atoms with Crippen molar-refractivity contribution in [2.45, 2.75) is 13.8 Å². The Bertz CT molecular complexity index is 233. The van der Waals surface area contributed by atoms with Crippen molar-refractivity contribution >= 4 is 0 Å². The maximum Gasteiger partial charge on any atom is 0.119 e. The summed E-state index contributed by atoms with van der Waals surface area (Å²) in [4.78, 5) is 0. The molecule has 59 valence electrons. The van der Waals surface area contributed by atoms with Gasteiger partial charge in [0.1, 0.15) is 11.5 Å². The second-order valence-electron chi connectivity index (χ2n) is 2.74. The van der Waals surface area contributed by atoms with Crippen molar-refractivity contribution in [1.29, 1.82) is 0 Å². The first-order valence-corrected chi connectivity index (χ1v) is 3.43. The van der Waals surface area contributed by atoms with Gasteiger partial charge in [-0.1, -0.05) is 13.8 Å². The van der Waals surface area contributed by atoms with E-state index in [9.17, 15) is 0 Å². The van der Waals surface area contributed by atoms with Crippen LogP contribution in [-0.4, -0.2) is 10.2 Å². The van der Waals surface area contributed by atoms with E-state index in [1.807, 2.05) is 13.8 Å². The van der Waals surface area contributed by atoms with Gasteiger partial charge in [-0.15, -0.1) is 0 Å². The lowest BCUT2D eigenvalue weighted by Gasteiger charge is -2.05. The predicted octanol–water partition coefficient (Wildman–Crippen LogP) is 2.06. The van der Waals surface area contributed by atoms with Crippen LogP contribution in [0.1, 0.15) is 19.4 Å². The molecule has 0 bridgehead atoms. The summed E-state index contributed by atoms with van der Waals surface area (Å²) in [6, 6.07) is 4.55. The first-order chi connectivity index (χ1) is 5.09. The minimum absolute atomic E-state index is 0.0983. The lowest BCUT2D eigenvalue weighted by Crippen LogP contribution is -1.86. The minimum Gasteiger partial charge on any atom is -0.508 e. The Morgan fingerprint density at radius 3 is 1.82 bits per heavy atom. The van der Waals surface area contributed by atoms with E-state index in [4.69, 9.17) is 10.2 Å². The molecular formula is C9H11O2. The zero-order valence-corrected chi connectivity index (χ0v) is 6.63. The number of rotatable bonds is 1. The minimum atomic E-state index is 0.0983. The molecular weight excluding hydrogens is 140 g/mol. The van der Waals surface area contributed by atoms with Crippen LogP contribution < -0.4 is 0 Å². The molecule has 0 atom stereocenters. The summed E-state index contributed by atoms with van der Waals surface area (Å²) in [5.74, 6) is 1.26. The zero-order chi connectivity index (χ0) is 8.43. The Balaban J connectivity index is 3.08. The summed E-state index contributed by atoms with van der Waals surface area (Å²) in [6.07, 6.45) is 0. The molecule has 0 saturated heterocycles. The van der Waals surface area contributed by atoms with Gasteiger partial charge in [0, 0.05) is 6.07 Å². The monoisotopic (exact) mass is 151 g/mol. The quantitative estimate of drug-likeness (QED) is 0.645. The molecule has 0 aromatic heterocycles.